The van der Waals surface area contributed by atoms with Crippen LogP contribution in [0.2, 0.25) is 0 Å². The van der Waals surface area contributed by atoms with Crippen LogP contribution in [0, 0.1) is 5.82 Å². The fourth-order valence-electron chi connectivity index (χ4n) is 2.24. The molecule has 0 amide bonds. The summed E-state index contributed by atoms with van der Waals surface area (Å²) in [6, 6.07) is 3.05. The van der Waals surface area contributed by atoms with Crippen molar-refractivity contribution in [3.05, 3.63) is 17.9 Å². The monoisotopic (exact) mass is 284 g/mol. The molecular weight excluding hydrogens is 263 g/mol. The molecule has 19 heavy (non-hydrogen) atoms. The molecular formula is C14H21FN2OS. The van der Waals surface area contributed by atoms with E-state index in [1.165, 1.54) is 6.07 Å². The number of anilines is 2. The third-order valence-corrected chi connectivity index (χ3v) is 4.85. The first-order valence-corrected chi connectivity index (χ1v) is 7.43. The predicted molar refractivity (Wildman–Crippen MR) is 80.7 cm³/mol. The van der Waals surface area contributed by atoms with E-state index in [2.05, 4.69) is 18.7 Å². The molecule has 0 bridgehead atoms. The second kappa shape index (κ2) is 5.49. The average Bonchev–Trinajstić information content (AvgIpc) is 2.51. The van der Waals surface area contributed by atoms with Crippen molar-refractivity contribution in [3.8, 4) is 5.75 Å². The summed E-state index contributed by atoms with van der Waals surface area (Å²) in [5.41, 5.74) is 6.65. The highest BCUT2D eigenvalue weighted by Gasteiger charge is 2.25. The van der Waals surface area contributed by atoms with Gasteiger partial charge in [0.1, 0.15) is 11.6 Å². The summed E-state index contributed by atoms with van der Waals surface area (Å²) in [4.78, 5) is 2.08. The Morgan fingerprint density at radius 1 is 1.37 bits per heavy atom. The Bertz CT molecular complexity index is 465. The third-order valence-electron chi connectivity index (χ3n) is 3.48. The van der Waals surface area contributed by atoms with E-state index in [1.807, 2.05) is 11.8 Å². The minimum Gasteiger partial charge on any atom is -0.495 e. The highest BCUT2D eigenvalue weighted by Crippen LogP contribution is 2.35. The third kappa shape index (κ3) is 3.26. The number of nitrogens with zero attached hydrogens (tertiary/aromatic N) is 1. The molecule has 0 atom stereocenters. The van der Waals surface area contributed by atoms with Crippen LogP contribution in [-0.4, -0.2) is 30.7 Å². The summed E-state index contributed by atoms with van der Waals surface area (Å²) in [5.74, 6) is 1.26. The van der Waals surface area contributed by atoms with Gasteiger partial charge < -0.3 is 15.4 Å². The molecule has 1 aromatic carbocycles. The van der Waals surface area contributed by atoms with Gasteiger partial charge >= 0.3 is 0 Å². The van der Waals surface area contributed by atoms with Gasteiger partial charge in [-0.15, -0.1) is 0 Å². The molecule has 3 nitrogen and oxygen atoms in total. The highest BCUT2D eigenvalue weighted by molar-refractivity contribution is 8.00. The lowest BCUT2D eigenvalue weighted by atomic mass is 10.1. The number of methoxy groups -OCH3 is 1. The molecule has 0 spiro atoms. The van der Waals surface area contributed by atoms with Crippen molar-refractivity contribution in [2.24, 2.45) is 0 Å². The van der Waals surface area contributed by atoms with Crippen molar-refractivity contribution in [2.45, 2.75) is 25.0 Å². The maximum absolute atomic E-state index is 14.1. The Hall–Kier alpha value is -1.10. The van der Waals surface area contributed by atoms with Crippen LogP contribution in [0.3, 0.4) is 0 Å². The zero-order valence-electron chi connectivity index (χ0n) is 11.7. The van der Waals surface area contributed by atoms with Crippen molar-refractivity contribution in [1.29, 1.82) is 0 Å². The number of thioether (sulfide) groups is 1. The lowest BCUT2D eigenvalue weighted by Crippen LogP contribution is -2.27. The number of benzene rings is 1. The Balaban J connectivity index is 2.26. The van der Waals surface area contributed by atoms with Crippen LogP contribution >= 0.6 is 11.8 Å². The second-order valence-corrected chi connectivity index (χ2v) is 7.19. The molecule has 0 unspecified atom stereocenters. The SMILES string of the molecule is COc1cc(N2CCSC(C)(C)CC2)c(F)cc1N. The maximum Gasteiger partial charge on any atom is 0.148 e. The van der Waals surface area contributed by atoms with Crippen molar-refractivity contribution < 1.29 is 9.13 Å². The van der Waals surface area contributed by atoms with Gasteiger partial charge in [-0.2, -0.15) is 11.8 Å². The maximum atomic E-state index is 14.1. The molecule has 0 radical (unpaired) electrons. The van der Waals surface area contributed by atoms with E-state index in [0.29, 0.717) is 17.1 Å². The Labute approximate surface area is 118 Å². The zero-order valence-corrected chi connectivity index (χ0v) is 12.5. The highest BCUT2D eigenvalue weighted by atomic mass is 32.2. The molecule has 0 saturated carbocycles. The molecule has 1 aliphatic heterocycles. The number of nitrogens with two attached hydrogens (primary N) is 1. The molecule has 1 fully saturated rings. The van der Waals surface area contributed by atoms with Crippen molar-refractivity contribution in [1.82, 2.24) is 0 Å². The number of ether oxygens (including phenoxy) is 1. The number of nitrogen functional groups attached to an aromatic ring is 1. The molecule has 2 N–H and O–H groups in total. The van der Waals surface area contributed by atoms with Gasteiger partial charge in [0.2, 0.25) is 0 Å². The molecule has 106 valence electrons. The number of rotatable bonds is 2. The van der Waals surface area contributed by atoms with Crippen LogP contribution in [-0.2, 0) is 0 Å². The Morgan fingerprint density at radius 2 is 2.11 bits per heavy atom. The summed E-state index contributed by atoms with van der Waals surface area (Å²) in [7, 11) is 1.55. The van der Waals surface area contributed by atoms with Gasteiger partial charge in [-0.3, -0.25) is 0 Å². The minimum absolute atomic E-state index is 0.253. The van der Waals surface area contributed by atoms with E-state index in [1.54, 1.807) is 13.2 Å². The number of hydrogen-bond donors (Lipinski definition) is 1. The largest absolute Gasteiger partial charge is 0.495 e. The molecule has 5 heteroatoms. The molecule has 1 saturated heterocycles. The standard InChI is InChI=1S/C14H21FN2OS/c1-14(2)4-5-17(6-7-19-14)12-9-13(18-3)11(16)8-10(12)15/h8-9H,4-7,16H2,1-3H3. The predicted octanol–water partition coefficient (Wildman–Crippen LogP) is 3.14. The number of hydrogen-bond acceptors (Lipinski definition) is 4. The van der Waals surface area contributed by atoms with Gasteiger partial charge in [0.05, 0.1) is 18.5 Å². The minimum atomic E-state index is -0.275. The Morgan fingerprint density at radius 3 is 2.79 bits per heavy atom. The van der Waals surface area contributed by atoms with E-state index < -0.39 is 0 Å². The van der Waals surface area contributed by atoms with E-state index >= 15 is 0 Å². The Kier molecular flexibility index (Phi) is 4.13. The molecule has 1 aromatic rings. The first-order chi connectivity index (χ1) is 8.93. The van der Waals surface area contributed by atoms with E-state index in [9.17, 15) is 4.39 Å². The van der Waals surface area contributed by atoms with Gasteiger partial charge in [-0.1, -0.05) is 13.8 Å². The topological polar surface area (TPSA) is 38.5 Å². The van der Waals surface area contributed by atoms with E-state index in [-0.39, 0.29) is 10.6 Å². The molecule has 1 heterocycles. The first kappa shape index (κ1) is 14.3. The van der Waals surface area contributed by atoms with E-state index in [4.69, 9.17) is 10.5 Å². The summed E-state index contributed by atoms with van der Waals surface area (Å²) in [5, 5.41) is 0. The van der Waals surface area contributed by atoms with Gasteiger partial charge in [0.25, 0.3) is 0 Å². The van der Waals surface area contributed by atoms with Crippen LogP contribution in [0.5, 0.6) is 5.75 Å². The van der Waals surface area contributed by atoms with Gasteiger partial charge in [0, 0.05) is 35.7 Å². The molecule has 0 aliphatic carbocycles. The average molecular weight is 284 g/mol. The summed E-state index contributed by atoms with van der Waals surface area (Å²) in [6.45, 7) is 6.17. The van der Waals surface area contributed by atoms with Gasteiger partial charge in [0.15, 0.2) is 0 Å². The fraction of sp³-hybridized carbons (Fsp3) is 0.571. The van der Waals surface area contributed by atoms with Crippen molar-refractivity contribution in [3.63, 3.8) is 0 Å². The fourth-order valence-corrected chi connectivity index (χ4v) is 3.34. The summed E-state index contributed by atoms with van der Waals surface area (Å²) < 4.78 is 19.5. The van der Waals surface area contributed by atoms with E-state index in [0.717, 1.165) is 25.3 Å². The lowest BCUT2D eigenvalue weighted by Gasteiger charge is -2.25. The quantitative estimate of drug-likeness (QED) is 0.847. The van der Waals surface area contributed by atoms with Gasteiger partial charge in [-0.05, 0) is 6.42 Å². The summed E-state index contributed by atoms with van der Waals surface area (Å²) >= 11 is 1.94. The van der Waals surface area contributed by atoms with Crippen LogP contribution in [0.4, 0.5) is 15.8 Å². The van der Waals surface area contributed by atoms with Crippen LogP contribution in [0.1, 0.15) is 20.3 Å². The molecule has 1 aliphatic rings. The molecule has 2 rings (SSSR count). The van der Waals surface area contributed by atoms with Crippen molar-refractivity contribution >= 4 is 23.1 Å². The zero-order chi connectivity index (χ0) is 14.0. The lowest BCUT2D eigenvalue weighted by molar-refractivity contribution is 0.416. The summed E-state index contributed by atoms with van der Waals surface area (Å²) in [6.07, 6.45) is 1.03. The molecule has 0 aromatic heterocycles. The number of halogens is 1. The first-order valence-electron chi connectivity index (χ1n) is 6.45. The van der Waals surface area contributed by atoms with Crippen LogP contribution in [0.15, 0.2) is 12.1 Å². The second-order valence-electron chi connectivity index (χ2n) is 5.39. The smallest absolute Gasteiger partial charge is 0.148 e. The van der Waals surface area contributed by atoms with Crippen molar-refractivity contribution in [2.75, 3.05) is 36.6 Å². The van der Waals surface area contributed by atoms with Crippen LogP contribution in [0.25, 0.3) is 0 Å². The van der Waals surface area contributed by atoms with Crippen LogP contribution < -0.4 is 15.4 Å². The van der Waals surface area contributed by atoms with Gasteiger partial charge in [-0.25, -0.2) is 4.39 Å². The normalized spacial score (nSPS) is 19.1.